The minimum atomic E-state index is -0.0301. The number of pyridine rings is 1. The second-order valence-corrected chi connectivity index (χ2v) is 3.04. The average Bonchev–Trinajstić information content (AvgIpc) is 2.19. The number of rotatable bonds is 4. The summed E-state index contributed by atoms with van der Waals surface area (Å²) < 4.78 is 0. The molecule has 1 rings (SSSR count). The van der Waals surface area contributed by atoms with Gasteiger partial charge in [-0.05, 0) is 18.6 Å². The van der Waals surface area contributed by atoms with Gasteiger partial charge in [0.15, 0.2) is 11.6 Å². The Bertz CT molecular complexity index is 345. The van der Waals surface area contributed by atoms with E-state index in [2.05, 4.69) is 16.9 Å². The molecule has 0 aliphatic carbocycles. The second kappa shape index (κ2) is 5.27. The molecule has 0 aliphatic rings. The maximum Gasteiger partial charge on any atom is 0.178 e. The molecule has 0 saturated carbocycles. The number of carbonyl (C=O) groups excluding carboxylic acids is 1. The first-order valence-electron chi connectivity index (χ1n) is 4.74. The molecular formula is C11H14N2O. The molecule has 0 spiro atoms. The number of ketones is 1. The number of nitrogens with zero attached hydrogens (tertiary/aromatic N) is 2. The summed E-state index contributed by atoms with van der Waals surface area (Å²) in [5, 5.41) is 0. The van der Waals surface area contributed by atoms with Crippen molar-refractivity contribution < 1.29 is 4.79 Å². The van der Waals surface area contributed by atoms with Gasteiger partial charge >= 0.3 is 0 Å². The summed E-state index contributed by atoms with van der Waals surface area (Å²) >= 11 is 0. The van der Waals surface area contributed by atoms with E-state index >= 15 is 0 Å². The van der Waals surface area contributed by atoms with Gasteiger partial charge in [0.05, 0.1) is 0 Å². The third-order valence-electron chi connectivity index (χ3n) is 1.74. The van der Waals surface area contributed by atoms with Gasteiger partial charge in [-0.15, -0.1) is 0 Å². The first-order valence-corrected chi connectivity index (χ1v) is 4.74. The predicted molar refractivity (Wildman–Crippen MR) is 57.3 cm³/mol. The largest absolute Gasteiger partial charge is 0.293 e. The maximum absolute atomic E-state index is 11.0. The van der Waals surface area contributed by atoms with Gasteiger partial charge in [-0.2, -0.15) is 0 Å². The molecule has 14 heavy (non-hydrogen) atoms. The molecule has 0 N–H and O–H groups in total. The number of carbonyl (C=O) groups is 1. The molecule has 0 aliphatic heterocycles. The first-order chi connectivity index (χ1) is 6.74. The summed E-state index contributed by atoms with van der Waals surface area (Å²) in [7, 11) is 0. The highest BCUT2D eigenvalue weighted by atomic mass is 16.1. The molecule has 0 aromatic carbocycles. The van der Waals surface area contributed by atoms with Crippen molar-refractivity contribution in [2.24, 2.45) is 4.99 Å². The second-order valence-electron chi connectivity index (χ2n) is 3.04. The quantitative estimate of drug-likeness (QED) is 0.541. The van der Waals surface area contributed by atoms with Crippen molar-refractivity contribution in [2.75, 3.05) is 0 Å². The van der Waals surface area contributed by atoms with Crippen LogP contribution in [0.25, 0.3) is 0 Å². The van der Waals surface area contributed by atoms with E-state index in [1.807, 2.05) is 6.21 Å². The molecule has 3 heteroatoms. The fourth-order valence-corrected chi connectivity index (χ4v) is 0.978. The predicted octanol–water partition coefficient (Wildman–Crippen LogP) is 2.79. The Morgan fingerprint density at radius 3 is 3.00 bits per heavy atom. The van der Waals surface area contributed by atoms with Crippen LogP contribution >= 0.6 is 0 Å². The number of aliphatic imine (C=N–C) groups is 1. The Labute approximate surface area is 83.9 Å². The van der Waals surface area contributed by atoms with Gasteiger partial charge in [0.2, 0.25) is 0 Å². The lowest BCUT2D eigenvalue weighted by molar-refractivity contribution is 0.101. The van der Waals surface area contributed by atoms with Crippen LogP contribution in [0.4, 0.5) is 5.82 Å². The summed E-state index contributed by atoms with van der Waals surface area (Å²) in [5.41, 5.74) is 0.469. The molecule has 0 fully saturated rings. The van der Waals surface area contributed by atoms with Crippen molar-refractivity contribution in [2.45, 2.75) is 26.7 Å². The maximum atomic E-state index is 11.0. The van der Waals surface area contributed by atoms with Crippen molar-refractivity contribution in [3.63, 3.8) is 0 Å². The van der Waals surface area contributed by atoms with Crippen LogP contribution in [0, 0.1) is 0 Å². The Morgan fingerprint density at radius 1 is 1.57 bits per heavy atom. The number of unbranched alkanes of at least 4 members (excludes halogenated alkanes) is 1. The van der Waals surface area contributed by atoms with E-state index in [0.717, 1.165) is 12.8 Å². The van der Waals surface area contributed by atoms with Gasteiger partial charge in [0, 0.05) is 13.1 Å². The first kappa shape index (κ1) is 10.6. The molecular weight excluding hydrogens is 176 g/mol. The number of Topliss-reactive ketones (excluding diaryl/α,β-unsaturated/α-hetero) is 1. The molecule has 0 atom stereocenters. The van der Waals surface area contributed by atoms with Crippen molar-refractivity contribution in [1.82, 2.24) is 4.98 Å². The Balaban J connectivity index is 2.78. The fraction of sp³-hybridized carbons (Fsp3) is 0.364. The van der Waals surface area contributed by atoms with Gasteiger partial charge in [0.25, 0.3) is 0 Å². The van der Waals surface area contributed by atoms with Gasteiger partial charge in [-0.3, -0.25) is 4.79 Å². The molecule has 0 bridgehead atoms. The van der Waals surface area contributed by atoms with Gasteiger partial charge in [-0.25, -0.2) is 9.98 Å². The van der Waals surface area contributed by atoms with Gasteiger partial charge in [0.1, 0.15) is 5.69 Å². The SMILES string of the molecule is CCCC=Nc1cccc(C(C)=O)n1. The van der Waals surface area contributed by atoms with Crippen LogP contribution in [0.5, 0.6) is 0 Å². The monoisotopic (exact) mass is 190 g/mol. The highest BCUT2D eigenvalue weighted by Gasteiger charge is 2.00. The summed E-state index contributed by atoms with van der Waals surface area (Å²) in [6.45, 7) is 3.59. The van der Waals surface area contributed by atoms with Crippen LogP contribution in [0.1, 0.15) is 37.2 Å². The smallest absolute Gasteiger partial charge is 0.178 e. The zero-order valence-electron chi connectivity index (χ0n) is 8.53. The normalized spacial score (nSPS) is 10.7. The highest BCUT2D eigenvalue weighted by molar-refractivity contribution is 5.92. The third-order valence-corrected chi connectivity index (χ3v) is 1.74. The van der Waals surface area contributed by atoms with E-state index < -0.39 is 0 Å². The van der Waals surface area contributed by atoms with Gasteiger partial charge < -0.3 is 0 Å². The summed E-state index contributed by atoms with van der Waals surface area (Å²) in [6, 6.07) is 5.28. The Kier molecular flexibility index (Phi) is 3.98. The Morgan fingerprint density at radius 2 is 2.36 bits per heavy atom. The van der Waals surface area contributed by atoms with E-state index in [9.17, 15) is 4.79 Å². The van der Waals surface area contributed by atoms with E-state index in [-0.39, 0.29) is 5.78 Å². The van der Waals surface area contributed by atoms with Crippen LogP contribution in [0.15, 0.2) is 23.2 Å². The molecule has 74 valence electrons. The molecule has 0 radical (unpaired) electrons. The van der Waals surface area contributed by atoms with E-state index in [4.69, 9.17) is 0 Å². The molecule has 1 heterocycles. The van der Waals surface area contributed by atoms with Crippen LogP contribution in [-0.2, 0) is 0 Å². The highest BCUT2D eigenvalue weighted by Crippen LogP contribution is 2.08. The standard InChI is InChI=1S/C11H14N2O/c1-3-4-8-12-11-7-5-6-10(13-11)9(2)14/h5-8H,3-4H2,1-2H3. The number of aromatic nitrogens is 1. The lowest BCUT2D eigenvalue weighted by Gasteiger charge is -1.95. The lowest BCUT2D eigenvalue weighted by Crippen LogP contribution is -1.95. The van der Waals surface area contributed by atoms with Gasteiger partial charge in [-0.1, -0.05) is 19.4 Å². The molecule has 1 aromatic rings. The Hall–Kier alpha value is -1.51. The average molecular weight is 190 g/mol. The lowest BCUT2D eigenvalue weighted by atomic mass is 10.3. The number of hydrogen-bond donors (Lipinski definition) is 0. The van der Waals surface area contributed by atoms with E-state index in [1.165, 1.54) is 6.92 Å². The van der Waals surface area contributed by atoms with Crippen molar-refractivity contribution >= 4 is 17.8 Å². The molecule has 0 saturated heterocycles. The summed E-state index contributed by atoms with van der Waals surface area (Å²) in [4.78, 5) is 19.3. The minimum absolute atomic E-state index is 0.0301. The zero-order valence-corrected chi connectivity index (χ0v) is 8.53. The molecule has 0 amide bonds. The van der Waals surface area contributed by atoms with Crippen molar-refractivity contribution in [3.05, 3.63) is 23.9 Å². The van der Waals surface area contributed by atoms with Crippen LogP contribution in [0.3, 0.4) is 0 Å². The molecule has 0 unspecified atom stereocenters. The minimum Gasteiger partial charge on any atom is -0.293 e. The summed E-state index contributed by atoms with van der Waals surface area (Å²) in [6.07, 6.45) is 3.83. The summed E-state index contributed by atoms with van der Waals surface area (Å²) in [5.74, 6) is 0.573. The molecule has 3 nitrogen and oxygen atoms in total. The fourth-order valence-electron chi connectivity index (χ4n) is 0.978. The number of hydrogen-bond acceptors (Lipinski definition) is 3. The topological polar surface area (TPSA) is 42.3 Å². The van der Waals surface area contributed by atoms with E-state index in [1.54, 1.807) is 18.2 Å². The molecule has 1 aromatic heterocycles. The van der Waals surface area contributed by atoms with Crippen molar-refractivity contribution in [3.8, 4) is 0 Å². The van der Waals surface area contributed by atoms with E-state index in [0.29, 0.717) is 11.5 Å². The van der Waals surface area contributed by atoms with Crippen LogP contribution < -0.4 is 0 Å². The third kappa shape index (κ3) is 3.09. The van der Waals surface area contributed by atoms with Crippen LogP contribution in [-0.4, -0.2) is 17.0 Å². The van der Waals surface area contributed by atoms with Crippen LogP contribution in [0.2, 0.25) is 0 Å². The van der Waals surface area contributed by atoms with Crippen molar-refractivity contribution in [1.29, 1.82) is 0 Å². The zero-order chi connectivity index (χ0) is 10.4.